The molecule has 2 amide bonds. The number of amides is 2. The fraction of sp³-hybridized carbons (Fsp3) is 0.900. The van der Waals surface area contributed by atoms with Gasteiger partial charge in [-0.05, 0) is 102 Å². The van der Waals surface area contributed by atoms with Gasteiger partial charge >= 0.3 is 12.2 Å². The Balaban J connectivity index is 0.000000800. The number of unbranched alkanes of at least 4 members (excludes halogenated alkanes) is 10. The summed E-state index contributed by atoms with van der Waals surface area (Å²) in [5.41, 5.74) is -0.0241. The standard InChI is InChI=1S/2C30H59NO8Si/c2*1-12-13-14-15-16-17-18-31(28(33)39-29(2,3)4)24-19-23(20-38-40(10,11)30(5,6)7)25(32)27(37-22-35-9)26(24)36-21-34-8/h2*19,24-27,32H,12-18,20-22H2,1-11H3/t2*24-,25+,26-,27?/m11/s1. The highest BCUT2D eigenvalue weighted by molar-refractivity contribution is 6.74. The molecule has 0 saturated heterocycles. The summed E-state index contributed by atoms with van der Waals surface area (Å²) in [6, 6.07) is -1.13. The van der Waals surface area contributed by atoms with Crippen LogP contribution in [0, 0.1) is 0 Å². The van der Waals surface area contributed by atoms with E-state index in [0.717, 1.165) is 38.5 Å². The molecule has 2 N–H and O–H groups in total. The van der Waals surface area contributed by atoms with Crippen molar-refractivity contribution in [2.45, 2.75) is 270 Å². The quantitative estimate of drug-likeness (QED) is 0.0267. The summed E-state index contributed by atoms with van der Waals surface area (Å²) in [6.07, 6.45) is 10.9. The first-order valence-corrected chi connectivity index (χ1v) is 35.5. The van der Waals surface area contributed by atoms with E-state index in [4.69, 9.17) is 56.2 Å². The van der Waals surface area contributed by atoms with Crippen molar-refractivity contribution in [3.63, 3.8) is 0 Å². The first-order chi connectivity index (χ1) is 37.2. The molecule has 0 heterocycles. The number of aliphatic hydroxyl groups excluding tert-OH is 2. The lowest BCUT2D eigenvalue weighted by Gasteiger charge is -2.45. The third kappa shape index (κ3) is 26.9. The van der Waals surface area contributed by atoms with Gasteiger partial charge in [0.05, 0.1) is 25.3 Å². The monoisotopic (exact) mass is 1180 g/mol. The molecule has 0 fully saturated rings. The van der Waals surface area contributed by atoms with E-state index >= 15 is 0 Å². The molecule has 2 rings (SSSR count). The minimum atomic E-state index is -2.12. The van der Waals surface area contributed by atoms with E-state index in [9.17, 15) is 19.8 Å². The number of rotatable bonds is 34. The van der Waals surface area contributed by atoms with E-state index < -0.39 is 88.7 Å². The third-order valence-electron chi connectivity index (χ3n) is 15.3. The average Bonchev–Trinajstić information content (AvgIpc) is 3.34. The second kappa shape index (κ2) is 36.7. The topological polar surface area (TPSA) is 192 Å². The molecule has 20 heteroatoms. The number of carbonyl (C=O) groups excluding carboxylic acids is 2. The van der Waals surface area contributed by atoms with Gasteiger partial charge in [-0.1, -0.05) is 132 Å². The molecule has 18 nitrogen and oxygen atoms in total. The highest BCUT2D eigenvalue weighted by Crippen LogP contribution is 2.40. The van der Waals surface area contributed by atoms with Crippen LogP contribution in [0.25, 0.3) is 0 Å². The SMILES string of the molecule is CCCCCCCCN(C(=O)OC(C)(C)C)[C@@H]1C=C(CO[Si](C)(C)C(C)(C)C)[C@H](O)C(OCOC)[C@@H]1OCOC.CCCCCCCCN(C(=O)OC(C)(C)C)[C@@H]1C=C(CO[Si](C)(C)C(C)(C)C)[C@H](O)C(OCOC)[C@@H]1OCOC. The summed E-state index contributed by atoms with van der Waals surface area (Å²) in [5, 5.41) is 23.0. The van der Waals surface area contributed by atoms with Crippen LogP contribution in [0.3, 0.4) is 0 Å². The Morgan fingerprint density at radius 2 is 0.738 bits per heavy atom. The Morgan fingerprint density at radius 1 is 0.463 bits per heavy atom. The maximum Gasteiger partial charge on any atom is 0.410 e. The molecule has 0 aromatic heterocycles. The van der Waals surface area contributed by atoms with Crippen molar-refractivity contribution in [1.82, 2.24) is 9.80 Å². The van der Waals surface area contributed by atoms with Crippen molar-refractivity contribution >= 4 is 28.8 Å². The molecule has 2 aliphatic carbocycles. The number of aliphatic hydroxyl groups is 2. The third-order valence-corrected chi connectivity index (χ3v) is 24.2. The van der Waals surface area contributed by atoms with Crippen molar-refractivity contribution in [2.75, 3.05) is 81.9 Å². The van der Waals surface area contributed by atoms with Gasteiger partial charge in [-0.2, -0.15) is 0 Å². The van der Waals surface area contributed by atoms with Gasteiger partial charge in [0.1, 0.15) is 75.0 Å². The molecule has 0 aromatic carbocycles. The first-order valence-electron chi connectivity index (χ1n) is 29.7. The predicted octanol–water partition coefficient (Wildman–Crippen LogP) is 12.5. The molecular formula is C60H118N2O16Si2. The number of hydrogen-bond acceptors (Lipinski definition) is 16. The van der Waals surface area contributed by atoms with Gasteiger partial charge in [-0.15, -0.1) is 0 Å². The van der Waals surface area contributed by atoms with Gasteiger partial charge < -0.3 is 66.4 Å². The molecule has 472 valence electrons. The average molecular weight is 1180 g/mol. The Morgan fingerprint density at radius 3 is 1.00 bits per heavy atom. The van der Waals surface area contributed by atoms with Gasteiger partial charge in [-0.25, -0.2) is 9.59 Å². The molecule has 0 aromatic rings. The molecule has 0 aliphatic heterocycles. The van der Waals surface area contributed by atoms with E-state index in [1.165, 1.54) is 67.0 Å². The summed E-state index contributed by atoms with van der Waals surface area (Å²) in [7, 11) is 1.90. The van der Waals surface area contributed by atoms with Crippen molar-refractivity contribution in [2.24, 2.45) is 0 Å². The van der Waals surface area contributed by atoms with Crippen LogP contribution in [0.1, 0.15) is 174 Å². The van der Waals surface area contributed by atoms with Crippen LogP contribution in [0.4, 0.5) is 9.59 Å². The van der Waals surface area contributed by atoms with Crippen LogP contribution in [0.15, 0.2) is 23.3 Å². The number of hydrogen-bond donors (Lipinski definition) is 2. The molecule has 80 heavy (non-hydrogen) atoms. The van der Waals surface area contributed by atoms with Gasteiger partial charge in [0.2, 0.25) is 0 Å². The van der Waals surface area contributed by atoms with E-state index in [2.05, 4.69) is 81.6 Å². The minimum Gasteiger partial charge on any atom is -0.444 e. The second-order valence-corrected chi connectivity index (χ2v) is 36.1. The Labute approximate surface area is 488 Å². The lowest BCUT2D eigenvalue weighted by Crippen LogP contribution is -2.59. The Hall–Kier alpha value is -2.03. The van der Waals surface area contributed by atoms with Crippen molar-refractivity contribution in [3.8, 4) is 0 Å². The fourth-order valence-corrected chi connectivity index (χ4v) is 10.5. The van der Waals surface area contributed by atoms with Crippen LogP contribution in [-0.2, 0) is 56.2 Å². The van der Waals surface area contributed by atoms with Crippen LogP contribution < -0.4 is 0 Å². The van der Waals surface area contributed by atoms with Gasteiger partial charge in [0, 0.05) is 41.5 Å². The maximum atomic E-state index is 13.6. The largest absolute Gasteiger partial charge is 0.444 e. The number of ether oxygens (including phenoxy) is 10. The summed E-state index contributed by atoms with van der Waals surface area (Å²) in [6.45, 7) is 38.6. The summed E-state index contributed by atoms with van der Waals surface area (Å²) in [5.74, 6) is 0. The highest BCUT2D eigenvalue weighted by Gasteiger charge is 2.49. The van der Waals surface area contributed by atoms with Gasteiger partial charge in [0.15, 0.2) is 16.6 Å². The smallest absolute Gasteiger partial charge is 0.410 e. The van der Waals surface area contributed by atoms with Crippen LogP contribution in [-0.4, -0.2) is 191 Å². The van der Waals surface area contributed by atoms with E-state index in [-0.39, 0.29) is 50.5 Å². The summed E-state index contributed by atoms with van der Waals surface area (Å²) in [4.78, 5) is 30.7. The zero-order chi connectivity index (χ0) is 61.1. The lowest BCUT2D eigenvalue weighted by molar-refractivity contribution is -0.195. The predicted molar refractivity (Wildman–Crippen MR) is 322 cm³/mol. The van der Waals surface area contributed by atoms with Crippen molar-refractivity contribution < 1.29 is 76.0 Å². The van der Waals surface area contributed by atoms with Crippen LogP contribution >= 0.6 is 0 Å². The number of nitrogens with zero attached hydrogens (tertiary/aromatic N) is 2. The number of methoxy groups -OCH3 is 4. The van der Waals surface area contributed by atoms with E-state index in [1.54, 1.807) is 9.80 Å². The zero-order valence-electron chi connectivity index (χ0n) is 54.4. The van der Waals surface area contributed by atoms with Crippen molar-refractivity contribution in [1.29, 1.82) is 0 Å². The molecule has 2 aliphatic rings. The van der Waals surface area contributed by atoms with E-state index in [1.807, 2.05) is 53.7 Å². The molecule has 8 atom stereocenters. The van der Waals surface area contributed by atoms with Crippen LogP contribution in [0.5, 0.6) is 0 Å². The lowest BCUT2D eigenvalue weighted by atomic mass is 9.87. The zero-order valence-corrected chi connectivity index (χ0v) is 56.4. The highest BCUT2D eigenvalue weighted by atomic mass is 28.4. The van der Waals surface area contributed by atoms with Crippen LogP contribution in [0.2, 0.25) is 36.3 Å². The second-order valence-electron chi connectivity index (χ2n) is 26.5. The fourth-order valence-electron chi connectivity index (χ4n) is 8.59. The molecular weight excluding hydrogens is 1060 g/mol. The van der Waals surface area contributed by atoms with Gasteiger partial charge in [0.25, 0.3) is 0 Å². The van der Waals surface area contributed by atoms with Crippen molar-refractivity contribution in [3.05, 3.63) is 23.3 Å². The molecule has 2 unspecified atom stereocenters. The molecule has 0 spiro atoms. The molecule has 0 bridgehead atoms. The Kier molecular flexibility index (Phi) is 34.9. The normalized spacial score (nSPS) is 22.2. The Bertz CT molecular complexity index is 1650. The summed E-state index contributed by atoms with van der Waals surface area (Å²) < 4.78 is 69.8. The molecule has 0 saturated carbocycles. The minimum absolute atomic E-state index is 0.00295. The van der Waals surface area contributed by atoms with E-state index in [0.29, 0.717) is 24.2 Å². The maximum absolute atomic E-state index is 13.6. The number of carbonyl (C=O) groups is 2. The summed E-state index contributed by atoms with van der Waals surface area (Å²) >= 11 is 0. The van der Waals surface area contributed by atoms with Gasteiger partial charge in [-0.3, -0.25) is 9.80 Å². The first kappa shape index (κ1) is 76.0. The molecule has 0 radical (unpaired) electrons.